The Morgan fingerprint density at radius 1 is 0.958 bits per heavy atom. The molecule has 0 aliphatic carbocycles. The summed E-state index contributed by atoms with van der Waals surface area (Å²) < 4.78 is 10.9. The Kier molecular flexibility index (Phi) is 6.97. The monoisotopic (exact) mass is 328 g/mol. The average Bonchev–Trinajstić information content (AvgIpc) is 2.63. The fraction of sp³-hybridized carbons (Fsp3) is 0.350. The van der Waals surface area contributed by atoms with Gasteiger partial charge in [-0.05, 0) is 30.7 Å². The number of hydrogen-bond acceptors (Lipinski definition) is 4. The zero-order valence-electron chi connectivity index (χ0n) is 14.0. The van der Waals surface area contributed by atoms with Gasteiger partial charge in [0, 0.05) is 0 Å². The van der Waals surface area contributed by atoms with Crippen molar-refractivity contribution in [3.8, 4) is 0 Å². The fourth-order valence-corrected chi connectivity index (χ4v) is 2.32. The maximum atomic E-state index is 12.3. The third-order valence-corrected chi connectivity index (χ3v) is 3.67. The van der Waals surface area contributed by atoms with E-state index in [0.717, 1.165) is 25.7 Å². The molecule has 1 atom stereocenters. The van der Waals surface area contributed by atoms with E-state index >= 15 is 0 Å². The summed E-state index contributed by atoms with van der Waals surface area (Å²) in [5.74, 6) is -2.71. The van der Waals surface area contributed by atoms with Crippen LogP contribution in [0.15, 0.2) is 60.7 Å². The molecule has 0 fully saturated rings. The second-order valence-electron chi connectivity index (χ2n) is 5.61. The first kappa shape index (κ1) is 18.2. The van der Waals surface area contributed by atoms with E-state index in [9.17, 15) is 9.90 Å². The summed E-state index contributed by atoms with van der Waals surface area (Å²) in [6, 6.07) is 17.2. The molecule has 0 aliphatic rings. The van der Waals surface area contributed by atoms with E-state index in [1.165, 1.54) is 0 Å². The number of ether oxygens (including phenoxy) is 2. The molecule has 1 unspecified atom stereocenters. The molecule has 4 nitrogen and oxygen atoms in total. The normalized spacial score (nSPS) is 13.2. The van der Waals surface area contributed by atoms with Gasteiger partial charge in [0.25, 0.3) is 0 Å². The molecule has 0 spiro atoms. The minimum atomic E-state index is -2.08. The summed E-state index contributed by atoms with van der Waals surface area (Å²) in [6.07, 6.45) is 4.03. The van der Waals surface area contributed by atoms with Gasteiger partial charge < -0.3 is 14.6 Å². The lowest BCUT2D eigenvalue weighted by Gasteiger charge is -2.27. The molecule has 2 aromatic rings. The Hall–Kier alpha value is -2.17. The van der Waals surface area contributed by atoms with Crippen LogP contribution in [-0.4, -0.2) is 17.7 Å². The maximum absolute atomic E-state index is 12.3. The van der Waals surface area contributed by atoms with Gasteiger partial charge in [-0.15, -0.1) is 0 Å². The van der Waals surface area contributed by atoms with E-state index in [1.54, 1.807) is 48.5 Å². The number of unbranched alkanes of at least 4 members (excludes halogenated alkanes) is 3. The third kappa shape index (κ3) is 5.18. The predicted octanol–water partition coefficient (Wildman–Crippen LogP) is 4.24. The van der Waals surface area contributed by atoms with Crippen molar-refractivity contribution in [2.75, 3.05) is 6.61 Å². The van der Waals surface area contributed by atoms with Crippen LogP contribution in [0.4, 0.5) is 0 Å². The van der Waals surface area contributed by atoms with E-state index in [1.807, 2.05) is 12.1 Å². The Balaban J connectivity index is 2.09. The lowest BCUT2D eigenvalue weighted by Crippen LogP contribution is -2.35. The molecule has 24 heavy (non-hydrogen) atoms. The van der Waals surface area contributed by atoms with E-state index in [0.29, 0.717) is 17.7 Å². The topological polar surface area (TPSA) is 55.8 Å². The van der Waals surface area contributed by atoms with Crippen LogP contribution in [0.25, 0.3) is 0 Å². The largest absolute Gasteiger partial charge is 0.400 e. The highest BCUT2D eigenvalue weighted by atomic mass is 16.8. The van der Waals surface area contributed by atoms with Crippen LogP contribution in [0.3, 0.4) is 0 Å². The highest BCUT2D eigenvalue weighted by molar-refractivity contribution is 5.89. The predicted molar refractivity (Wildman–Crippen MR) is 92.3 cm³/mol. The summed E-state index contributed by atoms with van der Waals surface area (Å²) in [6.45, 7) is 2.44. The van der Waals surface area contributed by atoms with E-state index in [4.69, 9.17) is 9.47 Å². The fourth-order valence-electron chi connectivity index (χ4n) is 2.32. The molecule has 0 aromatic heterocycles. The van der Waals surface area contributed by atoms with Crippen molar-refractivity contribution in [3.63, 3.8) is 0 Å². The summed E-state index contributed by atoms with van der Waals surface area (Å²) >= 11 is 0. The lowest BCUT2D eigenvalue weighted by molar-refractivity contribution is -0.345. The molecule has 1 N–H and O–H groups in total. The van der Waals surface area contributed by atoms with Gasteiger partial charge in [-0.1, -0.05) is 62.6 Å². The van der Waals surface area contributed by atoms with E-state index in [-0.39, 0.29) is 0 Å². The summed E-state index contributed by atoms with van der Waals surface area (Å²) in [7, 11) is 0. The number of carbonyl (C=O) groups is 1. The number of hydrogen-bond donors (Lipinski definition) is 1. The van der Waals surface area contributed by atoms with Gasteiger partial charge in [0.2, 0.25) is 0 Å². The summed E-state index contributed by atoms with van der Waals surface area (Å²) in [5.41, 5.74) is 0.756. The van der Waals surface area contributed by atoms with Gasteiger partial charge in [-0.2, -0.15) is 0 Å². The van der Waals surface area contributed by atoms with Crippen LogP contribution in [-0.2, 0) is 15.4 Å². The molecule has 2 aromatic carbocycles. The molecule has 128 valence electrons. The van der Waals surface area contributed by atoms with Crippen molar-refractivity contribution in [3.05, 3.63) is 71.8 Å². The number of rotatable bonds is 9. The molecule has 2 rings (SSSR count). The third-order valence-electron chi connectivity index (χ3n) is 3.67. The van der Waals surface area contributed by atoms with Crippen LogP contribution >= 0.6 is 0 Å². The molecular weight excluding hydrogens is 304 g/mol. The van der Waals surface area contributed by atoms with Crippen molar-refractivity contribution in [1.29, 1.82) is 0 Å². The highest BCUT2D eigenvalue weighted by Gasteiger charge is 2.35. The second-order valence-corrected chi connectivity index (χ2v) is 5.61. The van der Waals surface area contributed by atoms with Gasteiger partial charge in [-0.25, -0.2) is 4.79 Å². The maximum Gasteiger partial charge on any atom is 0.356 e. The zero-order valence-corrected chi connectivity index (χ0v) is 14.0. The minimum Gasteiger partial charge on any atom is -0.400 e. The standard InChI is InChI=1S/C20H24O4/c1-2-3-4-11-16-23-20(22,18-14-9-6-10-15-18)24-19(21)17-12-7-5-8-13-17/h5-10,12-15,22H,2-4,11,16H2,1H3. The zero-order chi connectivity index (χ0) is 17.3. The first-order chi connectivity index (χ1) is 11.7. The van der Waals surface area contributed by atoms with Crippen LogP contribution in [0.2, 0.25) is 0 Å². The first-order valence-electron chi connectivity index (χ1n) is 8.36. The first-order valence-corrected chi connectivity index (χ1v) is 8.36. The van der Waals surface area contributed by atoms with Gasteiger partial charge in [0.15, 0.2) is 0 Å². The molecule has 0 saturated heterocycles. The summed E-state index contributed by atoms with van der Waals surface area (Å²) in [5, 5.41) is 10.8. The van der Waals surface area contributed by atoms with Crippen molar-refractivity contribution >= 4 is 5.97 Å². The molecule has 0 heterocycles. The molecule has 0 radical (unpaired) electrons. The number of esters is 1. The summed E-state index contributed by atoms with van der Waals surface area (Å²) in [4.78, 5) is 12.3. The molecule has 0 amide bonds. The Morgan fingerprint density at radius 2 is 1.58 bits per heavy atom. The average molecular weight is 328 g/mol. The SMILES string of the molecule is CCCCCCOC(O)(OC(=O)c1ccccc1)c1ccccc1. The van der Waals surface area contributed by atoms with E-state index in [2.05, 4.69) is 6.92 Å². The molecular formula is C20H24O4. The molecule has 0 aliphatic heterocycles. The quantitative estimate of drug-likeness (QED) is 0.425. The van der Waals surface area contributed by atoms with Crippen molar-refractivity contribution < 1.29 is 19.4 Å². The van der Waals surface area contributed by atoms with Gasteiger partial charge >= 0.3 is 11.9 Å². The van der Waals surface area contributed by atoms with Crippen molar-refractivity contribution in [1.82, 2.24) is 0 Å². The van der Waals surface area contributed by atoms with Crippen LogP contribution < -0.4 is 0 Å². The van der Waals surface area contributed by atoms with Gasteiger partial charge in [0.05, 0.1) is 17.7 Å². The van der Waals surface area contributed by atoms with Gasteiger partial charge in [-0.3, -0.25) is 0 Å². The Labute approximate surface area is 143 Å². The van der Waals surface area contributed by atoms with Crippen LogP contribution in [0.5, 0.6) is 0 Å². The second kappa shape index (κ2) is 9.21. The Morgan fingerprint density at radius 3 is 2.21 bits per heavy atom. The number of benzene rings is 2. The highest BCUT2D eigenvalue weighted by Crippen LogP contribution is 2.26. The van der Waals surface area contributed by atoms with Crippen molar-refractivity contribution in [2.45, 2.75) is 38.6 Å². The minimum absolute atomic E-state index is 0.313. The van der Waals surface area contributed by atoms with Gasteiger partial charge in [0.1, 0.15) is 0 Å². The molecule has 4 heteroatoms. The lowest BCUT2D eigenvalue weighted by atomic mass is 10.1. The molecule has 0 saturated carbocycles. The van der Waals surface area contributed by atoms with Crippen LogP contribution in [0, 0.1) is 0 Å². The van der Waals surface area contributed by atoms with E-state index < -0.39 is 11.9 Å². The molecule has 0 bridgehead atoms. The van der Waals surface area contributed by atoms with Crippen molar-refractivity contribution in [2.24, 2.45) is 0 Å². The smallest absolute Gasteiger partial charge is 0.356 e. The number of carbonyl (C=O) groups excluding carboxylic acids is 1. The van der Waals surface area contributed by atoms with Crippen LogP contribution in [0.1, 0.15) is 48.5 Å². The Bertz CT molecular complexity index is 612. The number of aliphatic hydroxyl groups is 1.